The van der Waals surface area contributed by atoms with E-state index >= 15 is 0 Å². The van der Waals surface area contributed by atoms with Crippen LogP contribution in [0.3, 0.4) is 0 Å². The van der Waals surface area contributed by atoms with Gasteiger partial charge in [-0.15, -0.1) is 0 Å². The predicted molar refractivity (Wildman–Crippen MR) is 95.0 cm³/mol. The van der Waals surface area contributed by atoms with Crippen molar-refractivity contribution in [3.63, 3.8) is 0 Å². The van der Waals surface area contributed by atoms with Crippen molar-refractivity contribution in [2.24, 2.45) is 17.3 Å². The number of hydrogen-bond donors (Lipinski definition) is 0. The summed E-state index contributed by atoms with van der Waals surface area (Å²) < 4.78 is 0. The lowest BCUT2D eigenvalue weighted by molar-refractivity contribution is 0.0489. The highest BCUT2D eigenvalue weighted by atomic mass is 14.5. The molecule has 2 atom stereocenters. The van der Waals surface area contributed by atoms with Crippen LogP contribution in [0.25, 0.3) is 0 Å². The van der Waals surface area contributed by atoms with Crippen molar-refractivity contribution in [3.8, 4) is 0 Å². The minimum atomic E-state index is 0.129. The Hall–Kier alpha value is -1.56. The Morgan fingerprint density at radius 1 is 0.727 bits per heavy atom. The maximum Gasteiger partial charge on any atom is 0.0236 e. The van der Waals surface area contributed by atoms with Crippen molar-refractivity contribution >= 4 is 0 Å². The highest BCUT2D eigenvalue weighted by Gasteiger charge is 2.50. The van der Waals surface area contributed by atoms with Crippen LogP contribution in [0.15, 0.2) is 60.7 Å². The molecule has 1 aliphatic rings. The van der Waals surface area contributed by atoms with E-state index in [-0.39, 0.29) is 5.41 Å². The fourth-order valence-electron chi connectivity index (χ4n) is 4.91. The fraction of sp³-hybridized carbons (Fsp3) is 0.455. The van der Waals surface area contributed by atoms with Gasteiger partial charge in [-0.1, -0.05) is 88.4 Å². The molecule has 0 heteroatoms. The van der Waals surface area contributed by atoms with Gasteiger partial charge in [0.15, 0.2) is 0 Å². The second-order valence-corrected chi connectivity index (χ2v) is 7.93. The van der Waals surface area contributed by atoms with Gasteiger partial charge in [0.05, 0.1) is 0 Å². The Morgan fingerprint density at radius 2 is 1.18 bits per heavy atom. The first kappa shape index (κ1) is 15.3. The first-order valence-electron chi connectivity index (χ1n) is 8.58. The van der Waals surface area contributed by atoms with Crippen LogP contribution in [0.4, 0.5) is 0 Å². The van der Waals surface area contributed by atoms with Crippen LogP contribution in [-0.2, 0) is 5.41 Å². The smallest absolute Gasteiger partial charge is 0.0236 e. The van der Waals surface area contributed by atoms with E-state index in [0.717, 1.165) is 5.92 Å². The van der Waals surface area contributed by atoms with Crippen LogP contribution in [0, 0.1) is 17.3 Å². The Balaban J connectivity index is 2.24. The zero-order valence-corrected chi connectivity index (χ0v) is 14.3. The number of benzene rings is 2. The largest absolute Gasteiger partial charge is 0.0624 e. The third-order valence-electron chi connectivity index (χ3n) is 6.03. The molecule has 1 fully saturated rings. The summed E-state index contributed by atoms with van der Waals surface area (Å²) in [4.78, 5) is 0. The van der Waals surface area contributed by atoms with Gasteiger partial charge in [0.1, 0.15) is 0 Å². The highest BCUT2D eigenvalue weighted by Crippen LogP contribution is 2.57. The van der Waals surface area contributed by atoms with E-state index in [1.165, 1.54) is 24.0 Å². The molecular weight excluding hydrogens is 264 g/mol. The molecule has 0 saturated heterocycles. The third-order valence-corrected chi connectivity index (χ3v) is 6.03. The minimum Gasteiger partial charge on any atom is -0.0624 e. The molecular formula is C22H28. The van der Waals surface area contributed by atoms with Crippen molar-refractivity contribution in [1.29, 1.82) is 0 Å². The van der Waals surface area contributed by atoms with Gasteiger partial charge < -0.3 is 0 Å². The van der Waals surface area contributed by atoms with Crippen molar-refractivity contribution in [3.05, 3.63) is 71.8 Å². The van der Waals surface area contributed by atoms with Crippen LogP contribution in [0.2, 0.25) is 0 Å². The minimum absolute atomic E-state index is 0.129. The molecule has 0 radical (unpaired) electrons. The van der Waals surface area contributed by atoms with Gasteiger partial charge in [-0.3, -0.25) is 0 Å². The van der Waals surface area contributed by atoms with Gasteiger partial charge in [-0.05, 0) is 41.2 Å². The Bertz CT molecular complexity index is 570. The quantitative estimate of drug-likeness (QED) is 0.630. The van der Waals surface area contributed by atoms with E-state index < -0.39 is 0 Å². The number of rotatable bonds is 2. The van der Waals surface area contributed by atoms with Gasteiger partial charge in [0.25, 0.3) is 0 Å². The summed E-state index contributed by atoms with van der Waals surface area (Å²) in [5.74, 6) is 1.35. The van der Waals surface area contributed by atoms with Crippen molar-refractivity contribution in [1.82, 2.24) is 0 Å². The van der Waals surface area contributed by atoms with E-state index in [4.69, 9.17) is 0 Å². The maximum absolute atomic E-state index is 2.46. The summed E-state index contributed by atoms with van der Waals surface area (Å²) in [5.41, 5.74) is 3.44. The molecule has 2 unspecified atom stereocenters. The summed E-state index contributed by atoms with van der Waals surface area (Å²) in [5, 5.41) is 0. The van der Waals surface area contributed by atoms with Gasteiger partial charge in [0.2, 0.25) is 0 Å². The van der Waals surface area contributed by atoms with Crippen LogP contribution in [-0.4, -0.2) is 0 Å². The SMILES string of the molecule is CC1CC(C)(C)C(C)C(c2ccccc2)(c2ccccc2)C1. The molecule has 0 bridgehead atoms. The second kappa shape index (κ2) is 5.57. The van der Waals surface area contributed by atoms with Gasteiger partial charge in [-0.2, -0.15) is 0 Å². The monoisotopic (exact) mass is 292 g/mol. The molecule has 0 amide bonds. The van der Waals surface area contributed by atoms with Gasteiger partial charge in [-0.25, -0.2) is 0 Å². The summed E-state index contributed by atoms with van der Waals surface area (Å²) in [6, 6.07) is 22.4. The van der Waals surface area contributed by atoms with Crippen molar-refractivity contribution in [2.45, 2.75) is 46.0 Å². The van der Waals surface area contributed by atoms with E-state index in [9.17, 15) is 0 Å². The molecule has 1 saturated carbocycles. The lowest BCUT2D eigenvalue weighted by atomic mass is 9.50. The van der Waals surface area contributed by atoms with Crippen LogP contribution in [0.1, 0.15) is 51.7 Å². The normalized spacial score (nSPS) is 26.5. The van der Waals surface area contributed by atoms with E-state index in [2.05, 4.69) is 88.4 Å². The third kappa shape index (κ3) is 2.39. The van der Waals surface area contributed by atoms with Gasteiger partial charge >= 0.3 is 0 Å². The molecule has 0 spiro atoms. The fourth-order valence-corrected chi connectivity index (χ4v) is 4.91. The highest BCUT2D eigenvalue weighted by molar-refractivity contribution is 5.41. The maximum atomic E-state index is 2.46. The predicted octanol–water partition coefficient (Wildman–Crippen LogP) is 6.06. The van der Waals surface area contributed by atoms with Gasteiger partial charge in [0, 0.05) is 5.41 Å². The molecule has 2 aromatic rings. The average Bonchev–Trinajstić information content (AvgIpc) is 2.52. The van der Waals surface area contributed by atoms with Crippen molar-refractivity contribution < 1.29 is 0 Å². The molecule has 0 N–H and O–H groups in total. The van der Waals surface area contributed by atoms with E-state index in [0.29, 0.717) is 11.3 Å². The van der Waals surface area contributed by atoms with Crippen LogP contribution >= 0.6 is 0 Å². The lowest BCUT2D eigenvalue weighted by Crippen LogP contribution is -2.48. The zero-order valence-electron chi connectivity index (χ0n) is 14.3. The Kier molecular flexibility index (Phi) is 3.89. The first-order valence-corrected chi connectivity index (χ1v) is 8.58. The topological polar surface area (TPSA) is 0 Å². The second-order valence-electron chi connectivity index (χ2n) is 7.93. The van der Waals surface area contributed by atoms with Crippen molar-refractivity contribution in [2.75, 3.05) is 0 Å². The molecule has 22 heavy (non-hydrogen) atoms. The van der Waals surface area contributed by atoms with E-state index in [1.807, 2.05) is 0 Å². The molecule has 3 rings (SSSR count). The Morgan fingerprint density at radius 3 is 1.64 bits per heavy atom. The number of hydrogen-bond acceptors (Lipinski definition) is 0. The van der Waals surface area contributed by atoms with E-state index in [1.54, 1.807) is 0 Å². The molecule has 116 valence electrons. The first-order chi connectivity index (χ1) is 10.5. The van der Waals surface area contributed by atoms with Crippen LogP contribution in [0.5, 0.6) is 0 Å². The molecule has 0 aromatic heterocycles. The Labute approximate surface area is 135 Å². The molecule has 0 aliphatic heterocycles. The molecule has 1 aliphatic carbocycles. The molecule has 2 aromatic carbocycles. The summed E-state index contributed by atoms with van der Waals surface area (Å²) >= 11 is 0. The summed E-state index contributed by atoms with van der Waals surface area (Å²) in [7, 11) is 0. The lowest BCUT2D eigenvalue weighted by Gasteiger charge is -2.54. The standard InChI is InChI=1S/C22H28/c1-17-15-21(3,4)18(2)22(16-17,19-11-7-5-8-12-19)20-13-9-6-10-14-20/h5-14,17-18H,15-16H2,1-4H3. The molecule has 0 heterocycles. The average molecular weight is 292 g/mol. The summed E-state index contributed by atoms with van der Waals surface area (Å²) in [6.07, 6.45) is 2.56. The molecule has 0 nitrogen and oxygen atoms in total. The summed E-state index contributed by atoms with van der Waals surface area (Å²) in [6.45, 7) is 9.79. The van der Waals surface area contributed by atoms with Crippen LogP contribution < -0.4 is 0 Å². The zero-order chi connectivity index (χ0) is 15.8.